The second-order valence-electron chi connectivity index (χ2n) is 15.3. The van der Waals surface area contributed by atoms with Crippen molar-refractivity contribution < 1.29 is 77.2 Å². The molecule has 4 aromatic rings. The van der Waals surface area contributed by atoms with Gasteiger partial charge in [-0.25, -0.2) is 9.78 Å². The molecule has 0 amide bonds. The van der Waals surface area contributed by atoms with Crippen LogP contribution in [0, 0.1) is 0 Å². The highest BCUT2D eigenvalue weighted by atomic mass is 17.2. The summed E-state index contributed by atoms with van der Waals surface area (Å²) in [7, 11) is 15.1. The highest BCUT2D eigenvalue weighted by Crippen LogP contribution is 2.48. The van der Waals surface area contributed by atoms with Gasteiger partial charge in [0.2, 0.25) is 0 Å². The number of hydrogen-bond donors (Lipinski definition) is 5. The Balaban J connectivity index is -0.000000159. The minimum absolute atomic E-state index is 0. The van der Waals surface area contributed by atoms with E-state index in [9.17, 15) is 5.11 Å². The van der Waals surface area contributed by atoms with Gasteiger partial charge >= 0.3 is 21.3 Å². The van der Waals surface area contributed by atoms with Crippen LogP contribution in [0.2, 0.25) is 20.5 Å². The number of aliphatic hydroxyl groups excluding tert-OH is 1. The Hall–Kier alpha value is -4.10. The predicted molar refractivity (Wildman–Crippen MR) is 317 cm³/mol. The predicted octanol–water partition coefficient (Wildman–Crippen LogP) is 8.92. The first-order chi connectivity index (χ1) is 34.8. The lowest BCUT2D eigenvalue weighted by Crippen LogP contribution is -2.46. The Morgan fingerprint density at radius 3 is 1.29 bits per heavy atom. The summed E-state index contributed by atoms with van der Waals surface area (Å²) < 4.78 is 42.6. The smallest absolute Gasteiger partial charge is 0.453 e. The van der Waals surface area contributed by atoms with Crippen molar-refractivity contribution in [2.45, 2.75) is 113 Å². The number of benzene rings is 4. The van der Waals surface area contributed by atoms with Crippen LogP contribution in [0.25, 0.3) is 0 Å². The maximum absolute atomic E-state index is 11.4. The number of methoxy groups -OCH3 is 6. The molecule has 3 aliphatic rings. The third-order valence-corrected chi connectivity index (χ3v) is 10.7. The molecule has 4 aromatic carbocycles. The van der Waals surface area contributed by atoms with Gasteiger partial charge in [0.15, 0.2) is 0 Å². The Labute approximate surface area is 468 Å². The standard InChI is InChI=1S/C18H20BNO.C17H19NO.C4H10O3.C3H9BO2.C3H8O2.C2H4O2.C2H6O2.CH5BO2.CH4O.5CH4/c1-19-20-14-8-13-17(20)18(21-19,15-9-4-2-5-10-15)16-11-6-3-7-12-16;19-17(16-12-7-13-18-16,14-8-3-1-4-9-14)15-10-5-2-6-11-15;1-5-4(6-2)7-3;1-4(5-2)6-3;1-4-3-5-2;1-4-2-3;1-3-4-2;1-2(3)4;1-2;;;;;/h2-7,9-12,17H,8,13-14H2,1H3;1-6,8-11,16,18-19H,7,12-13H2;4H,1-3H3;1-3H3;3H2,1-2H3;2H,1H3;1-2H3;3-4H,1H3;2H,1H3;5*1H4. The number of ether oxygens (including phenoxy) is 6. The van der Waals surface area contributed by atoms with Gasteiger partial charge in [0, 0.05) is 69.0 Å². The monoisotopic (exact) mass is 1090 g/mol. The van der Waals surface area contributed by atoms with E-state index in [1.165, 1.54) is 73.5 Å². The van der Waals surface area contributed by atoms with E-state index in [2.05, 4.69) is 125 Å². The maximum atomic E-state index is 11.4. The van der Waals surface area contributed by atoms with Crippen LogP contribution in [-0.4, -0.2) is 169 Å². The highest BCUT2D eigenvalue weighted by Gasteiger charge is 2.56. The number of nitrogens with one attached hydrogen (secondary N) is 1. The minimum atomic E-state index is -1.17. The zero-order valence-electron chi connectivity index (χ0n) is 45.2. The van der Waals surface area contributed by atoms with E-state index in [0.717, 1.165) is 44.2 Å². The average molecular weight is 1090 g/mol. The molecule has 21 heteroatoms. The van der Waals surface area contributed by atoms with Crippen LogP contribution < -0.4 is 5.32 Å². The Bertz CT molecular complexity index is 1680. The van der Waals surface area contributed by atoms with Crippen LogP contribution >= 0.6 is 0 Å². The lowest BCUT2D eigenvalue weighted by atomic mass is 9.79. The minimum Gasteiger partial charge on any atom is -0.471 e. The molecule has 3 saturated heterocycles. The normalized spacial score (nSPS) is 14.7. The van der Waals surface area contributed by atoms with Crippen LogP contribution in [0.3, 0.4) is 0 Å². The number of rotatable bonds is 14. The van der Waals surface area contributed by atoms with E-state index in [1.807, 2.05) is 67.5 Å². The summed E-state index contributed by atoms with van der Waals surface area (Å²) in [6.07, 6.45) is 4.58. The van der Waals surface area contributed by atoms with Gasteiger partial charge in [0.05, 0.1) is 21.3 Å². The fraction of sp³-hybridized carbons (Fsp3) is 0.554. The second kappa shape index (κ2) is 55.2. The Morgan fingerprint density at radius 2 is 1.04 bits per heavy atom. The zero-order valence-corrected chi connectivity index (χ0v) is 45.2. The van der Waals surface area contributed by atoms with Gasteiger partial charge in [-0.15, -0.1) is 0 Å². The molecule has 3 heterocycles. The summed E-state index contributed by atoms with van der Waals surface area (Å²) in [6, 6.07) is 41.9. The number of carbonyl (C=O) groups is 1. The van der Waals surface area contributed by atoms with Gasteiger partial charge in [0.25, 0.3) is 12.9 Å². The summed E-state index contributed by atoms with van der Waals surface area (Å²) in [4.78, 5) is 19.6. The highest BCUT2D eigenvalue weighted by molar-refractivity contribution is 6.48. The number of nitrogens with zero attached hydrogens (tertiary/aromatic N) is 1. The van der Waals surface area contributed by atoms with Crippen LogP contribution in [0.4, 0.5) is 0 Å². The molecule has 2 unspecified atom stereocenters. The van der Waals surface area contributed by atoms with Crippen molar-refractivity contribution in [2.24, 2.45) is 0 Å². The largest absolute Gasteiger partial charge is 0.471 e. The molecule has 18 nitrogen and oxygen atoms in total. The first-order valence-electron chi connectivity index (χ1n) is 23.3. The first-order valence-corrected chi connectivity index (χ1v) is 23.3. The van der Waals surface area contributed by atoms with Gasteiger partial charge in [-0.1, -0.05) is 158 Å². The van der Waals surface area contributed by atoms with Crippen molar-refractivity contribution in [2.75, 3.05) is 98.1 Å². The Kier molecular flexibility index (Phi) is 62.2. The van der Waals surface area contributed by atoms with E-state index in [0.29, 0.717) is 19.3 Å². The third-order valence-electron chi connectivity index (χ3n) is 10.7. The van der Waals surface area contributed by atoms with Crippen LogP contribution in [0.1, 0.15) is 85.1 Å². The lowest BCUT2D eigenvalue weighted by Gasteiger charge is -2.36. The van der Waals surface area contributed by atoms with Crippen molar-refractivity contribution in [1.82, 2.24) is 10.1 Å². The first kappa shape index (κ1) is 86.8. The van der Waals surface area contributed by atoms with Crippen molar-refractivity contribution in [3.05, 3.63) is 144 Å². The summed E-state index contributed by atoms with van der Waals surface area (Å²) in [5.74, 6) is 0. The van der Waals surface area contributed by atoms with Gasteiger partial charge in [-0.3, -0.25) is 4.79 Å². The molecule has 0 bridgehead atoms. The number of fused-ring (bicyclic) bond motifs is 1. The molecule has 444 valence electrons. The summed E-state index contributed by atoms with van der Waals surface area (Å²) in [6.45, 7) is 7.67. The van der Waals surface area contributed by atoms with E-state index < -0.39 is 19.2 Å². The molecule has 0 aliphatic carbocycles. The average Bonchev–Trinajstić information content (AvgIpc) is 4.23. The molecule has 5 N–H and O–H groups in total. The lowest BCUT2D eigenvalue weighted by molar-refractivity contribution is -0.252. The molecule has 0 spiro atoms. The van der Waals surface area contributed by atoms with Gasteiger partial charge in [0.1, 0.15) is 18.0 Å². The van der Waals surface area contributed by atoms with E-state index >= 15 is 0 Å². The van der Waals surface area contributed by atoms with Gasteiger partial charge in [-0.2, -0.15) is 0 Å². The summed E-state index contributed by atoms with van der Waals surface area (Å²) in [5, 5.41) is 37.1. The van der Waals surface area contributed by atoms with Crippen LogP contribution in [0.15, 0.2) is 121 Å². The van der Waals surface area contributed by atoms with E-state index in [1.54, 1.807) is 28.4 Å². The number of carbonyl (C=O) groups excluding carboxylic acids is 1. The molecule has 0 radical (unpaired) electrons. The third kappa shape index (κ3) is 32.5. The van der Waals surface area contributed by atoms with Crippen LogP contribution in [-0.2, 0) is 68.2 Å². The molecular weight excluding hydrogens is 989 g/mol. The molecule has 2 atom stereocenters. The fourth-order valence-corrected chi connectivity index (χ4v) is 7.63. The topological polar surface area (TPSA) is 215 Å². The molecule has 3 aliphatic heterocycles. The van der Waals surface area contributed by atoms with Crippen molar-refractivity contribution in [1.29, 1.82) is 0 Å². The molecule has 0 aromatic heterocycles. The quantitative estimate of drug-likeness (QED) is 0.0262. The van der Waals surface area contributed by atoms with Gasteiger partial charge in [-0.05, 0) is 81.5 Å². The number of aliphatic hydroxyl groups is 2. The maximum Gasteiger partial charge on any atom is 0.453 e. The van der Waals surface area contributed by atoms with Crippen LogP contribution in [0.5, 0.6) is 0 Å². The summed E-state index contributed by atoms with van der Waals surface area (Å²) >= 11 is 0. The molecular formula is C56H105B3N2O16. The van der Waals surface area contributed by atoms with Crippen molar-refractivity contribution in [3.8, 4) is 0 Å². The van der Waals surface area contributed by atoms with Gasteiger partial charge < -0.3 is 72.8 Å². The summed E-state index contributed by atoms with van der Waals surface area (Å²) in [5.41, 5.74) is 3.20. The second-order valence-corrected chi connectivity index (χ2v) is 15.3. The van der Waals surface area contributed by atoms with Crippen molar-refractivity contribution >= 4 is 27.8 Å². The molecule has 7 rings (SSSR count). The van der Waals surface area contributed by atoms with E-state index in [-0.39, 0.29) is 62.9 Å². The molecule has 0 saturated carbocycles. The van der Waals surface area contributed by atoms with E-state index in [4.69, 9.17) is 24.6 Å². The number of hydrogen-bond acceptors (Lipinski definition) is 18. The fourth-order valence-electron chi connectivity index (χ4n) is 7.63. The zero-order chi connectivity index (χ0) is 54.6. The molecule has 3 fully saturated rings. The Morgan fingerprint density at radius 1 is 0.675 bits per heavy atom. The SMILES string of the molecule is C.C.C.C.C.CB(O)O.CB1OC(c2ccccc2)(c2ccccc2)C2CCCN12.CO.COB(C)OC.COC(OC)OC.COC=O.COCOC.COOC.OC(c1ccccc1)(c1ccccc1)C1CCCN1. The van der Waals surface area contributed by atoms with Crippen molar-refractivity contribution in [3.63, 3.8) is 0 Å². The molecule has 77 heavy (non-hydrogen) atoms.